The van der Waals surface area contributed by atoms with E-state index in [1.165, 1.54) is 12.1 Å². The maximum atomic E-state index is 11.4. The number of hydrogen-bond donors (Lipinski definition) is 4. The number of carbonyl (C=O) groups excluding carboxylic acids is 3. The molecule has 1 aromatic carbocycles. The molecular formula is C12H14N8O3. The van der Waals surface area contributed by atoms with E-state index in [1.807, 2.05) is 0 Å². The van der Waals surface area contributed by atoms with Crippen LogP contribution in [0.15, 0.2) is 12.1 Å². The SMILES string of the molecule is Cc1c(C=O)ccc2nc(N(N)C(N)=O)nc(N(N)C(N)=O)c12. The van der Waals surface area contributed by atoms with Gasteiger partial charge in [0, 0.05) is 10.9 Å². The predicted molar refractivity (Wildman–Crippen MR) is 82.2 cm³/mol. The van der Waals surface area contributed by atoms with Gasteiger partial charge in [-0.25, -0.2) is 31.3 Å². The van der Waals surface area contributed by atoms with Crippen LogP contribution < -0.4 is 33.2 Å². The summed E-state index contributed by atoms with van der Waals surface area (Å²) in [6.07, 6.45) is 0.635. The molecule has 1 aromatic heterocycles. The Balaban J connectivity index is 2.86. The van der Waals surface area contributed by atoms with Gasteiger partial charge >= 0.3 is 12.1 Å². The third kappa shape index (κ3) is 2.73. The van der Waals surface area contributed by atoms with Gasteiger partial charge < -0.3 is 11.5 Å². The summed E-state index contributed by atoms with van der Waals surface area (Å²) in [5, 5.41) is 1.36. The standard InChI is InChI=1S/C12H14N8O3/c1-5-6(4-21)2-3-7-8(5)9(19(15)10(13)22)18-12(17-7)20(16)11(14)23/h2-4H,15-16H2,1H3,(H2,13,22)(H2,14,23). The number of hydrogen-bond acceptors (Lipinski definition) is 7. The zero-order valence-corrected chi connectivity index (χ0v) is 12.1. The predicted octanol–water partition coefficient (Wildman–Crippen LogP) is -0.732. The molecule has 2 rings (SSSR count). The van der Waals surface area contributed by atoms with E-state index in [0.717, 1.165) is 0 Å². The fraction of sp³-hybridized carbons (Fsp3) is 0.0833. The van der Waals surface area contributed by atoms with Crippen LogP contribution >= 0.6 is 0 Å². The van der Waals surface area contributed by atoms with Crippen LogP contribution in [0.1, 0.15) is 15.9 Å². The van der Waals surface area contributed by atoms with Crippen LogP contribution in [-0.2, 0) is 0 Å². The van der Waals surface area contributed by atoms with E-state index in [2.05, 4.69) is 9.97 Å². The number of carbonyl (C=O) groups is 3. The molecule has 11 heteroatoms. The first kappa shape index (κ1) is 16.1. The summed E-state index contributed by atoms with van der Waals surface area (Å²) >= 11 is 0. The Kier molecular flexibility index (Phi) is 4.07. The first-order valence-corrected chi connectivity index (χ1v) is 6.23. The van der Waals surface area contributed by atoms with E-state index in [-0.39, 0.29) is 11.8 Å². The Bertz CT molecular complexity index is 822. The van der Waals surface area contributed by atoms with Crippen molar-refractivity contribution in [1.29, 1.82) is 0 Å². The molecule has 0 saturated carbocycles. The molecule has 0 radical (unpaired) electrons. The molecule has 1 heterocycles. The number of anilines is 2. The second-order valence-electron chi connectivity index (χ2n) is 4.56. The lowest BCUT2D eigenvalue weighted by atomic mass is 10.0. The topological polar surface area (TPSA) is 188 Å². The number of fused-ring (bicyclic) bond motifs is 1. The maximum Gasteiger partial charge on any atom is 0.336 e. The van der Waals surface area contributed by atoms with Crippen molar-refractivity contribution in [2.45, 2.75) is 6.92 Å². The van der Waals surface area contributed by atoms with Crippen molar-refractivity contribution in [2.75, 3.05) is 10.0 Å². The molecule has 11 nitrogen and oxygen atoms in total. The Morgan fingerprint density at radius 2 is 1.70 bits per heavy atom. The van der Waals surface area contributed by atoms with Gasteiger partial charge in [0.05, 0.1) is 5.52 Å². The minimum atomic E-state index is -1.01. The first-order valence-electron chi connectivity index (χ1n) is 6.23. The first-order chi connectivity index (χ1) is 10.8. The molecule has 0 aliphatic carbocycles. The molecule has 0 fully saturated rings. The van der Waals surface area contributed by atoms with Gasteiger partial charge in [-0.05, 0) is 24.6 Å². The second kappa shape index (κ2) is 5.82. The minimum Gasteiger partial charge on any atom is -0.350 e. The number of hydrazine groups is 2. The van der Waals surface area contributed by atoms with E-state index in [1.54, 1.807) is 6.92 Å². The molecule has 0 bridgehead atoms. The highest BCUT2D eigenvalue weighted by molar-refractivity contribution is 6.03. The van der Waals surface area contributed by atoms with Crippen molar-refractivity contribution < 1.29 is 14.4 Å². The van der Waals surface area contributed by atoms with E-state index in [0.29, 0.717) is 38.3 Å². The molecule has 8 N–H and O–H groups in total. The van der Waals surface area contributed by atoms with Gasteiger partial charge in [0.1, 0.15) is 6.29 Å². The second-order valence-corrected chi connectivity index (χ2v) is 4.56. The lowest BCUT2D eigenvalue weighted by Crippen LogP contribution is -2.45. The van der Waals surface area contributed by atoms with Crippen LogP contribution in [0.3, 0.4) is 0 Å². The van der Waals surface area contributed by atoms with E-state index in [4.69, 9.17) is 23.2 Å². The van der Waals surface area contributed by atoms with Gasteiger partial charge in [0.15, 0.2) is 5.82 Å². The van der Waals surface area contributed by atoms with Gasteiger partial charge in [-0.1, -0.05) is 0 Å². The van der Waals surface area contributed by atoms with Gasteiger partial charge in [-0.3, -0.25) is 4.79 Å². The number of rotatable bonds is 3. The number of primary amides is 2. The quantitative estimate of drug-likeness (QED) is 0.248. The molecule has 0 unspecified atom stereocenters. The van der Waals surface area contributed by atoms with Gasteiger partial charge in [0.25, 0.3) is 5.95 Å². The highest BCUT2D eigenvalue weighted by Gasteiger charge is 2.21. The number of urea groups is 2. The summed E-state index contributed by atoms with van der Waals surface area (Å²) in [5.41, 5.74) is 11.4. The highest BCUT2D eigenvalue weighted by Crippen LogP contribution is 2.29. The molecule has 0 aliphatic rings. The number of aryl methyl sites for hydroxylation is 1. The number of nitrogens with zero attached hydrogens (tertiary/aromatic N) is 4. The largest absolute Gasteiger partial charge is 0.350 e. The zero-order valence-electron chi connectivity index (χ0n) is 12.1. The van der Waals surface area contributed by atoms with Crippen LogP contribution in [0.2, 0.25) is 0 Å². The average molecular weight is 318 g/mol. The number of aromatic nitrogens is 2. The van der Waals surface area contributed by atoms with Crippen LogP contribution in [-0.4, -0.2) is 28.3 Å². The Labute approximate surface area is 129 Å². The molecular weight excluding hydrogens is 304 g/mol. The van der Waals surface area contributed by atoms with Crippen LogP contribution in [0.25, 0.3) is 10.9 Å². The molecule has 120 valence electrons. The summed E-state index contributed by atoms with van der Waals surface area (Å²) in [6, 6.07) is 0.986. The summed E-state index contributed by atoms with van der Waals surface area (Å²) in [6.45, 7) is 1.63. The Morgan fingerprint density at radius 3 is 2.22 bits per heavy atom. The molecule has 0 spiro atoms. The summed E-state index contributed by atoms with van der Waals surface area (Å²) < 4.78 is 0. The fourth-order valence-electron chi connectivity index (χ4n) is 1.98. The third-order valence-corrected chi connectivity index (χ3v) is 3.18. The van der Waals surface area contributed by atoms with Crippen molar-refractivity contribution in [3.8, 4) is 0 Å². The number of nitrogens with two attached hydrogens (primary N) is 4. The number of aldehydes is 1. The summed E-state index contributed by atoms with van der Waals surface area (Å²) in [5.74, 6) is 10.7. The Morgan fingerprint density at radius 1 is 1.09 bits per heavy atom. The van der Waals surface area contributed by atoms with Crippen molar-refractivity contribution in [3.05, 3.63) is 23.3 Å². The molecule has 2 aromatic rings. The van der Waals surface area contributed by atoms with Crippen molar-refractivity contribution in [2.24, 2.45) is 23.2 Å². The van der Waals surface area contributed by atoms with Crippen molar-refractivity contribution in [1.82, 2.24) is 9.97 Å². The van der Waals surface area contributed by atoms with Crippen molar-refractivity contribution in [3.63, 3.8) is 0 Å². The van der Waals surface area contributed by atoms with Gasteiger partial charge in [-0.2, -0.15) is 9.99 Å². The average Bonchev–Trinajstić information content (AvgIpc) is 2.52. The third-order valence-electron chi connectivity index (χ3n) is 3.18. The van der Waals surface area contributed by atoms with E-state index < -0.39 is 12.1 Å². The lowest BCUT2D eigenvalue weighted by Gasteiger charge is -2.19. The van der Waals surface area contributed by atoms with Gasteiger partial charge in [0.2, 0.25) is 0 Å². The number of benzene rings is 1. The monoisotopic (exact) mass is 318 g/mol. The van der Waals surface area contributed by atoms with Crippen molar-refractivity contribution >= 4 is 41.0 Å². The summed E-state index contributed by atoms with van der Waals surface area (Å²) in [7, 11) is 0. The number of amides is 4. The minimum absolute atomic E-state index is 0.115. The van der Waals surface area contributed by atoms with Crippen LogP contribution in [0, 0.1) is 6.92 Å². The lowest BCUT2D eigenvalue weighted by molar-refractivity contribution is 0.112. The summed E-state index contributed by atoms with van der Waals surface area (Å²) in [4.78, 5) is 41.7. The van der Waals surface area contributed by atoms with Gasteiger partial charge in [-0.15, -0.1) is 0 Å². The fourth-order valence-corrected chi connectivity index (χ4v) is 1.98. The van der Waals surface area contributed by atoms with E-state index in [9.17, 15) is 14.4 Å². The van der Waals surface area contributed by atoms with Crippen LogP contribution in [0.4, 0.5) is 21.4 Å². The van der Waals surface area contributed by atoms with Crippen LogP contribution in [0.5, 0.6) is 0 Å². The normalized spacial score (nSPS) is 10.4. The highest BCUT2D eigenvalue weighted by atomic mass is 16.2. The molecule has 4 amide bonds. The zero-order chi connectivity index (χ0) is 17.3. The van der Waals surface area contributed by atoms with E-state index >= 15 is 0 Å². The molecule has 0 saturated heterocycles. The molecule has 0 aliphatic heterocycles. The smallest absolute Gasteiger partial charge is 0.336 e. The maximum absolute atomic E-state index is 11.4. The Hall–Kier alpha value is -3.31. The molecule has 23 heavy (non-hydrogen) atoms. The molecule has 0 atom stereocenters.